The van der Waals surface area contributed by atoms with E-state index in [-0.39, 0.29) is 5.57 Å². The average molecular weight is 357 g/mol. The number of rotatable bonds is 6. The number of anilines is 1. The standard InChI is InChI=1S/C19H17ClN2O3/c1-3-25-18-8-7-15(20)10-13(18)9-14(12-21)19(23)22-16-5-4-6-17(11-16)24-2/h4-11H,3H2,1-2H3,(H,22,23)/b14-9-. The van der Waals surface area contributed by atoms with Crippen LogP contribution in [0.2, 0.25) is 5.02 Å². The number of nitrogens with one attached hydrogen (secondary N) is 1. The van der Waals surface area contributed by atoms with E-state index < -0.39 is 5.91 Å². The van der Waals surface area contributed by atoms with E-state index in [9.17, 15) is 10.1 Å². The number of ether oxygens (including phenoxy) is 2. The van der Waals surface area contributed by atoms with Crippen molar-refractivity contribution in [3.8, 4) is 17.6 Å². The van der Waals surface area contributed by atoms with Crippen molar-refractivity contribution in [2.75, 3.05) is 19.0 Å². The van der Waals surface area contributed by atoms with Crippen molar-refractivity contribution >= 4 is 29.3 Å². The molecule has 0 spiro atoms. The van der Waals surface area contributed by atoms with Crippen LogP contribution >= 0.6 is 11.6 Å². The van der Waals surface area contributed by atoms with Gasteiger partial charge in [0, 0.05) is 22.3 Å². The molecule has 1 N–H and O–H groups in total. The summed E-state index contributed by atoms with van der Waals surface area (Å²) in [6, 6.07) is 13.8. The van der Waals surface area contributed by atoms with Crippen molar-refractivity contribution in [1.29, 1.82) is 5.26 Å². The normalized spacial score (nSPS) is 10.7. The summed E-state index contributed by atoms with van der Waals surface area (Å²) in [5, 5.41) is 12.5. The van der Waals surface area contributed by atoms with Crippen LogP contribution in [0.1, 0.15) is 12.5 Å². The zero-order valence-electron chi connectivity index (χ0n) is 13.9. The van der Waals surface area contributed by atoms with Gasteiger partial charge < -0.3 is 14.8 Å². The van der Waals surface area contributed by atoms with Crippen molar-refractivity contribution in [1.82, 2.24) is 0 Å². The molecule has 1 amide bonds. The maximum Gasteiger partial charge on any atom is 0.266 e. The number of carbonyl (C=O) groups excluding carboxylic acids is 1. The number of nitriles is 1. The third kappa shape index (κ3) is 5.00. The summed E-state index contributed by atoms with van der Waals surface area (Å²) in [5.74, 6) is 0.626. The van der Waals surface area contributed by atoms with Gasteiger partial charge in [0.05, 0.1) is 13.7 Å². The maximum atomic E-state index is 12.4. The fraction of sp³-hybridized carbons (Fsp3) is 0.158. The van der Waals surface area contributed by atoms with Crippen LogP contribution in [0.15, 0.2) is 48.0 Å². The van der Waals surface area contributed by atoms with Crippen LogP contribution in [-0.4, -0.2) is 19.6 Å². The molecule has 0 saturated carbocycles. The third-order valence-corrected chi connectivity index (χ3v) is 3.50. The van der Waals surface area contributed by atoms with Crippen LogP contribution in [-0.2, 0) is 4.79 Å². The Bertz CT molecular complexity index is 841. The zero-order chi connectivity index (χ0) is 18.2. The molecule has 0 aromatic heterocycles. The summed E-state index contributed by atoms with van der Waals surface area (Å²) in [5.41, 5.74) is 1.03. The van der Waals surface area contributed by atoms with E-state index in [4.69, 9.17) is 21.1 Å². The maximum absolute atomic E-state index is 12.4. The number of hydrogen-bond acceptors (Lipinski definition) is 4. The number of methoxy groups -OCH3 is 1. The molecule has 6 heteroatoms. The second-order valence-electron chi connectivity index (χ2n) is 4.97. The lowest BCUT2D eigenvalue weighted by atomic mass is 10.1. The molecule has 0 aliphatic rings. The quantitative estimate of drug-likeness (QED) is 0.619. The first-order chi connectivity index (χ1) is 12.1. The molecule has 0 aliphatic carbocycles. The Hall–Kier alpha value is -2.97. The van der Waals surface area contributed by atoms with Gasteiger partial charge in [-0.2, -0.15) is 5.26 Å². The minimum atomic E-state index is -0.529. The highest BCUT2D eigenvalue weighted by molar-refractivity contribution is 6.30. The highest BCUT2D eigenvalue weighted by Gasteiger charge is 2.12. The summed E-state index contributed by atoms with van der Waals surface area (Å²) in [7, 11) is 1.54. The molecule has 0 aliphatic heterocycles. The van der Waals surface area contributed by atoms with Crippen LogP contribution < -0.4 is 14.8 Å². The highest BCUT2D eigenvalue weighted by atomic mass is 35.5. The molecule has 2 aromatic rings. The van der Waals surface area contributed by atoms with Crippen molar-refractivity contribution in [2.24, 2.45) is 0 Å². The van der Waals surface area contributed by atoms with Gasteiger partial charge in [-0.3, -0.25) is 4.79 Å². The third-order valence-electron chi connectivity index (χ3n) is 3.26. The molecule has 5 nitrogen and oxygen atoms in total. The van der Waals surface area contributed by atoms with Crippen LogP contribution in [0.3, 0.4) is 0 Å². The van der Waals surface area contributed by atoms with E-state index in [1.807, 2.05) is 13.0 Å². The monoisotopic (exact) mass is 356 g/mol. The Morgan fingerprint density at radius 1 is 1.32 bits per heavy atom. The molecule has 0 saturated heterocycles. The number of amides is 1. The minimum Gasteiger partial charge on any atom is -0.497 e. The Morgan fingerprint density at radius 3 is 2.80 bits per heavy atom. The Morgan fingerprint density at radius 2 is 2.12 bits per heavy atom. The van der Waals surface area contributed by atoms with Crippen molar-refractivity contribution in [3.63, 3.8) is 0 Å². The number of carbonyl (C=O) groups is 1. The van der Waals surface area contributed by atoms with Gasteiger partial charge in [0.2, 0.25) is 0 Å². The number of halogens is 1. The molecule has 2 aromatic carbocycles. The summed E-state index contributed by atoms with van der Waals surface area (Å²) in [4.78, 5) is 12.4. The first-order valence-corrected chi connectivity index (χ1v) is 7.94. The molecule has 0 heterocycles. The lowest BCUT2D eigenvalue weighted by molar-refractivity contribution is -0.112. The number of nitrogens with zero attached hydrogens (tertiary/aromatic N) is 1. The first-order valence-electron chi connectivity index (χ1n) is 7.57. The predicted molar refractivity (Wildman–Crippen MR) is 97.8 cm³/mol. The van der Waals surface area contributed by atoms with E-state index in [1.54, 1.807) is 42.5 Å². The Labute approximate surface area is 151 Å². The molecule has 0 atom stereocenters. The fourth-order valence-corrected chi connectivity index (χ4v) is 2.30. The van der Waals surface area contributed by atoms with Crippen LogP contribution in [0.25, 0.3) is 6.08 Å². The second kappa shape index (κ2) is 8.76. The molecular weight excluding hydrogens is 340 g/mol. The van der Waals surface area contributed by atoms with Gasteiger partial charge in [0.15, 0.2) is 0 Å². The Balaban J connectivity index is 2.29. The topological polar surface area (TPSA) is 71.3 Å². The van der Waals surface area contributed by atoms with Crippen LogP contribution in [0.5, 0.6) is 11.5 Å². The number of hydrogen-bond donors (Lipinski definition) is 1. The van der Waals surface area contributed by atoms with Crippen LogP contribution in [0.4, 0.5) is 5.69 Å². The van der Waals surface area contributed by atoms with Gasteiger partial charge in [-0.15, -0.1) is 0 Å². The van der Waals surface area contributed by atoms with Crippen molar-refractivity contribution < 1.29 is 14.3 Å². The number of benzene rings is 2. The summed E-state index contributed by atoms with van der Waals surface area (Å²) in [6.45, 7) is 2.31. The van der Waals surface area contributed by atoms with Gasteiger partial charge in [-0.1, -0.05) is 17.7 Å². The lowest BCUT2D eigenvalue weighted by Crippen LogP contribution is -2.13. The highest BCUT2D eigenvalue weighted by Crippen LogP contribution is 2.26. The van der Waals surface area contributed by atoms with Crippen molar-refractivity contribution in [3.05, 3.63) is 58.6 Å². The van der Waals surface area contributed by atoms with Gasteiger partial charge in [0.1, 0.15) is 23.1 Å². The molecule has 0 bridgehead atoms. The minimum absolute atomic E-state index is 0.0639. The smallest absolute Gasteiger partial charge is 0.266 e. The summed E-state index contributed by atoms with van der Waals surface area (Å²) < 4.78 is 10.6. The zero-order valence-corrected chi connectivity index (χ0v) is 14.6. The SMILES string of the molecule is CCOc1ccc(Cl)cc1/C=C(/C#N)C(=O)Nc1cccc(OC)c1. The van der Waals surface area contributed by atoms with Gasteiger partial charge >= 0.3 is 0 Å². The van der Waals surface area contributed by atoms with E-state index in [0.717, 1.165) is 0 Å². The van der Waals surface area contributed by atoms with Gasteiger partial charge in [-0.25, -0.2) is 0 Å². The van der Waals surface area contributed by atoms with Gasteiger partial charge in [-0.05, 0) is 43.3 Å². The van der Waals surface area contributed by atoms with E-state index in [0.29, 0.717) is 34.4 Å². The van der Waals surface area contributed by atoms with E-state index in [1.165, 1.54) is 13.2 Å². The molecule has 0 fully saturated rings. The summed E-state index contributed by atoms with van der Waals surface area (Å²) >= 11 is 6.00. The van der Waals surface area contributed by atoms with E-state index in [2.05, 4.69) is 5.32 Å². The van der Waals surface area contributed by atoms with E-state index >= 15 is 0 Å². The lowest BCUT2D eigenvalue weighted by Gasteiger charge is -2.09. The molecule has 0 radical (unpaired) electrons. The molecular formula is C19H17ClN2O3. The van der Waals surface area contributed by atoms with Crippen LogP contribution in [0, 0.1) is 11.3 Å². The first kappa shape index (κ1) is 18.4. The predicted octanol–water partition coefficient (Wildman–Crippen LogP) is 4.29. The molecule has 25 heavy (non-hydrogen) atoms. The average Bonchev–Trinajstić information content (AvgIpc) is 2.61. The largest absolute Gasteiger partial charge is 0.497 e. The van der Waals surface area contributed by atoms with Gasteiger partial charge in [0.25, 0.3) is 5.91 Å². The molecule has 128 valence electrons. The summed E-state index contributed by atoms with van der Waals surface area (Å²) in [6.07, 6.45) is 1.45. The molecule has 0 unspecified atom stereocenters. The Kier molecular flexibility index (Phi) is 6.44. The second-order valence-corrected chi connectivity index (χ2v) is 5.41. The fourth-order valence-electron chi connectivity index (χ4n) is 2.12. The molecule has 2 rings (SSSR count). The van der Waals surface area contributed by atoms with Crippen molar-refractivity contribution in [2.45, 2.75) is 6.92 Å².